The van der Waals surface area contributed by atoms with Gasteiger partial charge in [-0.15, -0.1) is 0 Å². The van der Waals surface area contributed by atoms with Gasteiger partial charge in [0.1, 0.15) is 0 Å². The average Bonchev–Trinajstić information content (AvgIpc) is 2.40. The summed E-state index contributed by atoms with van der Waals surface area (Å²) in [5, 5.41) is 10.5. The molecule has 3 atom stereocenters. The number of hydrogen-bond acceptors (Lipinski definition) is 3. The van der Waals surface area contributed by atoms with E-state index in [1.54, 1.807) is 0 Å². The molecule has 19 heavy (non-hydrogen) atoms. The highest BCUT2D eigenvalue weighted by molar-refractivity contribution is 6.30. The summed E-state index contributed by atoms with van der Waals surface area (Å²) in [4.78, 5) is 2.39. The monoisotopic (exact) mass is 282 g/mol. The van der Waals surface area contributed by atoms with Crippen molar-refractivity contribution in [1.29, 1.82) is 0 Å². The van der Waals surface area contributed by atoms with Crippen LogP contribution in [0, 0.1) is 5.92 Å². The van der Waals surface area contributed by atoms with Crippen LogP contribution < -0.4 is 5.73 Å². The lowest BCUT2D eigenvalue weighted by Crippen LogP contribution is -2.42. The van der Waals surface area contributed by atoms with Crippen LogP contribution in [0.5, 0.6) is 0 Å². The molecule has 3 nitrogen and oxygen atoms in total. The second kappa shape index (κ2) is 6.71. The molecule has 1 fully saturated rings. The highest BCUT2D eigenvalue weighted by atomic mass is 35.5. The first-order chi connectivity index (χ1) is 9.06. The number of halogens is 1. The topological polar surface area (TPSA) is 49.5 Å². The fraction of sp³-hybridized carbons (Fsp3) is 0.600. The van der Waals surface area contributed by atoms with Crippen molar-refractivity contribution in [2.75, 3.05) is 19.6 Å². The molecular formula is C15H23ClN2O. The molecule has 3 N–H and O–H groups in total. The lowest BCUT2D eigenvalue weighted by molar-refractivity contribution is 0.0341. The van der Waals surface area contributed by atoms with E-state index >= 15 is 0 Å². The van der Waals surface area contributed by atoms with Crippen molar-refractivity contribution >= 4 is 11.6 Å². The molecule has 1 aromatic carbocycles. The molecule has 2 rings (SSSR count). The molecule has 106 valence electrons. The number of aliphatic hydroxyl groups excluding tert-OH is 1. The SMILES string of the molecule is CC1CN(CCC(N)c2cccc(Cl)c2)CCC1O. The molecule has 0 amide bonds. The van der Waals surface area contributed by atoms with E-state index in [1.165, 1.54) is 0 Å². The van der Waals surface area contributed by atoms with E-state index in [-0.39, 0.29) is 12.1 Å². The molecule has 0 aromatic heterocycles. The van der Waals surface area contributed by atoms with Crippen LogP contribution in [-0.4, -0.2) is 35.7 Å². The van der Waals surface area contributed by atoms with Gasteiger partial charge >= 0.3 is 0 Å². The van der Waals surface area contributed by atoms with Gasteiger partial charge in [0.25, 0.3) is 0 Å². The van der Waals surface area contributed by atoms with Gasteiger partial charge in [0.15, 0.2) is 0 Å². The summed E-state index contributed by atoms with van der Waals surface area (Å²) in [6.45, 7) is 5.01. The Kier molecular flexibility index (Phi) is 5.22. The van der Waals surface area contributed by atoms with E-state index in [2.05, 4.69) is 11.8 Å². The van der Waals surface area contributed by atoms with Gasteiger partial charge < -0.3 is 15.7 Å². The van der Waals surface area contributed by atoms with Crippen LogP contribution in [0.3, 0.4) is 0 Å². The second-order valence-corrected chi connectivity index (χ2v) is 6.02. The molecule has 1 aliphatic rings. The van der Waals surface area contributed by atoms with Crippen molar-refractivity contribution in [3.8, 4) is 0 Å². The van der Waals surface area contributed by atoms with Crippen molar-refractivity contribution in [2.45, 2.75) is 31.9 Å². The van der Waals surface area contributed by atoms with Crippen molar-refractivity contribution < 1.29 is 5.11 Å². The molecule has 0 aliphatic carbocycles. The van der Waals surface area contributed by atoms with Gasteiger partial charge in [-0.25, -0.2) is 0 Å². The Labute approximate surface area is 120 Å². The van der Waals surface area contributed by atoms with Crippen molar-refractivity contribution in [3.63, 3.8) is 0 Å². The quantitative estimate of drug-likeness (QED) is 0.892. The first kappa shape index (κ1) is 14.8. The number of hydrogen-bond donors (Lipinski definition) is 2. The molecule has 3 unspecified atom stereocenters. The van der Waals surface area contributed by atoms with E-state index in [1.807, 2.05) is 24.3 Å². The normalized spacial score (nSPS) is 26.3. The number of likely N-dealkylation sites (tertiary alicyclic amines) is 1. The zero-order valence-corrected chi connectivity index (χ0v) is 12.2. The van der Waals surface area contributed by atoms with Gasteiger partial charge in [-0.1, -0.05) is 30.7 Å². The lowest BCUT2D eigenvalue weighted by Gasteiger charge is -2.34. The molecule has 4 heteroatoms. The van der Waals surface area contributed by atoms with Gasteiger partial charge in [0.2, 0.25) is 0 Å². The molecule has 1 heterocycles. The third-order valence-corrected chi connectivity index (χ3v) is 4.21. The third kappa shape index (κ3) is 4.18. The third-order valence-electron chi connectivity index (χ3n) is 3.98. The van der Waals surface area contributed by atoms with Crippen LogP contribution in [0.25, 0.3) is 0 Å². The second-order valence-electron chi connectivity index (χ2n) is 5.58. The summed E-state index contributed by atoms with van der Waals surface area (Å²) in [5.74, 6) is 0.358. The minimum atomic E-state index is -0.141. The van der Waals surface area contributed by atoms with Gasteiger partial charge in [-0.05, 0) is 43.0 Å². The first-order valence-corrected chi connectivity index (χ1v) is 7.35. The fourth-order valence-electron chi connectivity index (χ4n) is 2.65. The van der Waals surface area contributed by atoms with Crippen LogP contribution >= 0.6 is 11.6 Å². The molecule has 0 radical (unpaired) electrons. The fourth-order valence-corrected chi connectivity index (χ4v) is 2.85. The largest absolute Gasteiger partial charge is 0.393 e. The van der Waals surface area contributed by atoms with Crippen LogP contribution in [0.4, 0.5) is 0 Å². The van der Waals surface area contributed by atoms with Crippen LogP contribution in [0.15, 0.2) is 24.3 Å². The maximum absolute atomic E-state index is 9.72. The van der Waals surface area contributed by atoms with E-state index in [4.69, 9.17) is 17.3 Å². The van der Waals surface area contributed by atoms with E-state index in [0.29, 0.717) is 5.92 Å². The summed E-state index contributed by atoms with van der Waals surface area (Å²) in [6.07, 6.45) is 1.65. The predicted octanol–water partition coefficient (Wildman–Crippen LogP) is 2.43. The molecule has 0 bridgehead atoms. The predicted molar refractivity (Wildman–Crippen MR) is 79.2 cm³/mol. The Balaban J connectivity index is 1.82. The number of nitrogens with two attached hydrogens (primary N) is 1. The number of rotatable bonds is 4. The van der Waals surface area contributed by atoms with Crippen molar-refractivity contribution in [2.24, 2.45) is 11.7 Å². The van der Waals surface area contributed by atoms with E-state index < -0.39 is 0 Å². The zero-order valence-electron chi connectivity index (χ0n) is 11.4. The lowest BCUT2D eigenvalue weighted by atomic mass is 9.96. The summed E-state index contributed by atoms with van der Waals surface area (Å²) < 4.78 is 0. The van der Waals surface area contributed by atoms with Crippen LogP contribution in [-0.2, 0) is 0 Å². The summed E-state index contributed by atoms with van der Waals surface area (Å²) >= 11 is 5.98. The average molecular weight is 283 g/mol. The molecule has 1 aromatic rings. The molecule has 1 aliphatic heterocycles. The Hall–Kier alpha value is -0.610. The highest BCUT2D eigenvalue weighted by Crippen LogP contribution is 2.21. The van der Waals surface area contributed by atoms with Crippen molar-refractivity contribution in [3.05, 3.63) is 34.9 Å². The van der Waals surface area contributed by atoms with Gasteiger partial charge in [0, 0.05) is 24.2 Å². The number of nitrogens with zero attached hydrogens (tertiary/aromatic N) is 1. The molecule has 1 saturated heterocycles. The molecule has 0 saturated carbocycles. The number of piperidine rings is 1. The minimum Gasteiger partial charge on any atom is -0.393 e. The first-order valence-electron chi connectivity index (χ1n) is 6.97. The smallest absolute Gasteiger partial charge is 0.0590 e. The summed E-state index contributed by atoms with van der Waals surface area (Å²) in [6, 6.07) is 7.80. The summed E-state index contributed by atoms with van der Waals surface area (Å²) in [7, 11) is 0. The number of benzene rings is 1. The van der Waals surface area contributed by atoms with Gasteiger partial charge in [-0.2, -0.15) is 0 Å². The van der Waals surface area contributed by atoms with E-state index in [9.17, 15) is 5.11 Å². The summed E-state index contributed by atoms with van der Waals surface area (Å²) in [5.41, 5.74) is 7.30. The van der Waals surface area contributed by atoms with Crippen LogP contribution in [0.1, 0.15) is 31.4 Å². The highest BCUT2D eigenvalue weighted by Gasteiger charge is 2.24. The Morgan fingerprint density at radius 3 is 3.00 bits per heavy atom. The molecular weight excluding hydrogens is 260 g/mol. The molecule has 0 spiro atoms. The zero-order chi connectivity index (χ0) is 13.8. The number of aliphatic hydroxyl groups is 1. The Bertz CT molecular complexity index is 413. The van der Waals surface area contributed by atoms with E-state index in [0.717, 1.165) is 43.1 Å². The standard InChI is InChI=1S/C15H23ClN2O/c1-11-10-18(8-6-15(11)19)7-5-14(17)12-3-2-4-13(16)9-12/h2-4,9,11,14-15,19H,5-8,10,17H2,1H3. The maximum Gasteiger partial charge on any atom is 0.0590 e. The van der Waals surface area contributed by atoms with Gasteiger partial charge in [-0.3, -0.25) is 0 Å². The maximum atomic E-state index is 9.72. The van der Waals surface area contributed by atoms with Gasteiger partial charge in [0.05, 0.1) is 6.10 Å². The minimum absolute atomic E-state index is 0.0286. The van der Waals surface area contributed by atoms with Crippen molar-refractivity contribution in [1.82, 2.24) is 4.90 Å². The van der Waals surface area contributed by atoms with Crippen LogP contribution in [0.2, 0.25) is 5.02 Å². The Morgan fingerprint density at radius 2 is 2.32 bits per heavy atom. The Morgan fingerprint density at radius 1 is 1.53 bits per heavy atom.